The van der Waals surface area contributed by atoms with Gasteiger partial charge in [0.15, 0.2) is 0 Å². The van der Waals surface area contributed by atoms with Crippen molar-refractivity contribution in [1.82, 2.24) is 20.2 Å². The molecular formula is C25H25FN4O3. The van der Waals surface area contributed by atoms with Crippen molar-refractivity contribution in [2.24, 2.45) is 0 Å². The van der Waals surface area contributed by atoms with E-state index in [0.717, 1.165) is 16.8 Å². The number of rotatable bonds is 7. The summed E-state index contributed by atoms with van der Waals surface area (Å²) in [5.41, 5.74) is 3.86. The van der Waals surface area contributed by atoms with E-state index >= 15 is 0 Å². The maximum absolute atomic E-state index is 13.1. The molecule has 8 heteroatoms. The van der Waals surface area contributed by atoms with Crippen LogP contribution in [0, 0.1) is 12.7 Å². The molecule has 3 aromatic rings. The van der Waals surface area contributed by atoms with Crippen LogP contribution in [0.4, 0.5) is 4.39 Å². The van der Waals surface area contributed by atoms with Crippen molar-refractivity contribution in [1.29, 1.82) is 0 Å². The summed E-state index contributed by atoms with van der Waals surface area (Å²) in [6.45, 7) is 6.73. The zero-order chi connectivity index (χ0) is 23.5. The van der Waals surface area contributed by atoms with Crippen molar-refractivity contribution < 1.29 is 18.7 Å². The minimum Gasteiger partial charge on any atom is -0.487 e. The molecule has 1 atom stereocenters. The molecule has 1 N–H and O–H groups in total. The summed E-state index contributed by atoms with van der Waals surface area (Å²) >= 11 is 0. The van der Waals surface area contributed by atoms with Crippen molar-refractivity contribution in [3.63, 3.8) is 0 Å². The smallest absolute Gasteiger partial charge is 0.270 e. The number of nitrogens with one attached hydrogen (secondary N) is 1. The van der Waals surface area contributed by atoms with E-state index in [2.05, 4.69) is 15.3 Å². The number of benzene rings is 1. The molecule has 0 bridgehead atoms. The molecule has 2 amide bonds. The summed E-state index contributed by atoms with van der Waals surface area (Å²) in [4.78, 5) is 35.9. The molecule has 0 spiro atoms. The van der Waals surface area contributed by atoms with Gasteiger partial charge in [-0.3, -0.25) is 19.6 Å². The Morgan fingerprint density at radius 1 is 1.24 bits per heavy atom. The fourth-order valence-electron chi connectivity index (χ4n) is 3.85. The maximum atomic E-state index is 13.1. The van der Waals surface area contributed by atoms with Crippen LogP contribution in [0.5, 0.6) is 5.75 Å². The third kappa shape index (κ3) is 4.55. The third-order valence-electron chi connectivity index (χ3n) is 5.72. The monoisotopic (exact) mass is 448 g/mol. The number of ether oxygens (including phenoxy) is 1. The number of hydrogen-bond donors (Lipinski definition) is 1. The third-order valence-corrected chi connectivity index (χ3v) is 5.72. The van der Waals surface area contributed by atoms with Gasteiger partial charge in [0.25, 0.3) is 11.8 Å². The number of pyridine rings is 2. The molecule has 0 aliphatic carbocycles. The van der Waals surface area contributed by atoms with Crippen LogP contribution >= 0.6 is 0 Å². The second-order valence-electron chi connectivity index (χ2n) is 7.94. The van der Waals surface area contributed by atoms with Crippen LogP contribution in [0.3, 0.4) is 0 Å². The van der Waals surface area contributed by atoms with Crippen LogP contribution in [0.1, 0.15) is 63.1 Å². The molecule has 4 rings (SSSR count). The van der Waals surface area contributed by atoms with E-state index < -0.39 is 0 Å². The molecule has 1 aliphatic heterocycles. The molecule has 1 unspecified atom stereocenters. The highest BCUT2D eigenvalue weighted by Gasteiger charge is 2.35. The Morgan fingerprint density at radius 2 is 2.00 bits per heavy atom. The van der Waals surface area contributed by atoms with Gasteiger partial charge in [-0.2, -0.15) is 0 Å². The normalized spacial score (nSPS) is 13.6. The van der Waals surface area contributed by atoms with Crippen molar-refractivity contribution in [3.05, 3.63) is 88.3 Å². The van der Waals surface area contributed by atoms with Crippen LogP contribution in [-0.4, -0.2) is 33.2 Å². The highest BCUT2D eigenvalue weighted by Crippen LogP contribution is 2.33. The van der Waals surface area contributed by atoms with Gasteiger partial charge >= 0.3 is 0 Å². The highest BCUT2D eigenvalue weighted by atomic mass is 19.1. The molecule has 33 heavy (non-hydrogen) atoms. The minimum atomic E-state index is -0.308. The molecule has 0 saturated heterocycles. The van der Waals surface area contributed by atoms with E-state index in [4.69, 9.17) is 4.74 Å². The lowest BCUT2D eigenvalue weighted by atomic mass is 10.1. The molecule has 0 saturated carbocycles. The van der Waals surface area contributed by atoms with Crippen LogP contribution in [0.25, 0.3) is 0 Å². The van der Waals surface area contributed by atoms with E-state index in [1.807, 2.05) is 26.8 Å². The fourth-order valence-corrected chi connectivity index (χ4v) is 3.85. The standard InChI is InChI=1S/C25H25FN4O3/c1-4-27-24(31)23-20-13-30(25(32)19(20)9-10-28-23)16(3)21-11-15(2)22(12-29-21)33-14-17-5-7-18(26)8-6-17/h5-12,16H,4,13-14H2,1-3H3,(H,27,31). The van der Waals surface area contributed by atoms with Crippen molar-refractivity contribution in [3.8, 4) is 5.75 Å². The first kappa shape index (κ1) is 22.4. The van der Waals surface area contributed by atoms with Crippen LogP contribution < -0.4 is 10.1 Å². The van der Waals surface area contributed by atoms with Gasteiger partial charge in [-0.05, 0) is 56.2 Å². The summed E-state index contributed by atoms with van der Waals surface area (Å²) in [6.07, 6.45) is 3.13. The Bertz CT molecular complexity index is 1200. The molecule has 0 fully saturated rings. The summed E-state index contributed by atoms with van der Waals surface area (Å²) in [5, 5.41) is 2.75. The number of fused-ring (bicyclic) bond motifs is 1. The quantitative estimate of drug-likeness (QED) is 0.591. The predicted octanol–water partition coefficient (Wildman–Crippen LogP) is 3.97. The average molecular weight is 448 g/mol. The number of aromatic nitrogens is 2. The Labute approximate surface area is 191 Å². The van der Waals surface area contributed by atoms with Gasteiger partial charge in [0.2, 0.25) is 0 Å². The van der Waals surface area contributed by atoms with Gasteiger partial charge in [-0.25, -0.2) is 4.39 Å². The van der Waals surface area contributed by atoms with Gasteiger partial charge in [0.1, 0.15) is 23.9 Å². The number of carbonyl (C=O) groups is 2. The molecule has 3 heterocycles. The van der Waals surface area contributed by atoms with Crippen LogP contribution in [-0.2, 0) is 13.2 Å². The molecule has 1 aromatic carbocycles. The van der Waals surface area contributed by atoms with Gasteiger partial charge < -0.3 is 15.0 Å². The first-order valence-electron chi connectivity index (χ1n) is 10.8. The zero-order valence-electron chi connectivity index (χ0n) is 18.8. The second kappa shape index (κ2) is 9.36. The topological polar surface area (TPSA) is 84.4 Å². The maximum Gasteiger partial charge on any atom is 0.270 e. The number of nitrogens with zero attached hydrogens (tertiary/aromatic N) is 3. The van der Waals surface area contributed by atoms with Gasteiger partial charge in [0, 0.05) is 30.4 Å². The van der Waals surface area contributed by atoms with Gasteiger partial charge in [-0.1, -0.05) is 12.1 Å². The molecule has 7 nitrogen and oxygen atoms in total. The number of aryl methyl sites for hydroxylation is 1. The SMILES string of the molecule is CCNC(=O)c1nccc2c1CN(C(C)c1cc(C)c(OCc3ccc(F)cc3)cn1)C2=O. The van der Waals surface area contributed by atoms with Gasteiger partial charge in [-0.15, -0.1) is 0 Å². The Hall–Kier alpha value is -3.81. The summed E-state index contributed by atoms with van der Waals surface area (Å²) in [6, 6.07) is 9.38. The van der Waals surface area contributed by atoms with Crippen LogP contribution in [0.2, 0.25) is 0 Å². The highest BCUT2D eigenvalue weighted by molar-refractivity contribution is 6.03. The minimum absolute atomic E-state index is 0.151. The van der Waals surface area contributed by atoms with Crippen molar-refractivity contribution >= 4 is 11.8 Å². The summed E-state index contributed by atoms with van der Waals surface area (Å²) in [5.74, 6) is -0.105. The van der Waals surface area contributed by atoms with Gasteiger partial charge in [0.05, 0.1) is 17.9 Å². The fraction of sp³-hybridized carbons (Fsp3) is 0.280. The first-order valence-corrected chi connectivity index (χ1v) is 10.8. The van der Waals surface area contributed by atoms with E-state index in [-0.39, 0.29) is 29.4 Å². The van der Waals surface area contributed by atoms with Crippen molar-refractivity contribution in [2.75, 3.05) is 6.54 Å². The summed E-state index contributed by atoms with van der Waals surface area (Å²) in [7, 11) is 0. The Kier molecular flexibility index (Phi) is 6.35. The van der Waals surface area contributed by atoms with E-state index in [9.17, 15) is 14.0 Å². The largest absolute Gasteiger partial charge is 0.487 e. The second-order valence-corrected chi connectivity index (χ2v) is 7.94. The summed E-state index contributed by atoms with van der Waals surface area (Å²) < 4.78 is 18.9. The molecule has 2 aromatic heterocycles. The molecule has 1 aliphatic rings. The Balaban J connectivity index is 1.50. The molecule has 0 radical (unpaired) electrons. The first-order chi connectivity index (χ1) is 15.9. The van der Waals surface area contributed by atoms with E-state index in [1.54, 1.807) is 29.3 Å². The molecular weight excluding hydrogens is 423 g/mol. The number of carbonyl (C=O) groups excluding carboxylic acids is 2. The van der Waals surface area contributed by atoms with E-state index in [1.165, 1.54) is 18.3 Å². The van der Waals surface area contributed by atoms with Crippen molar-refractivity contribution in [2.45, 2.75) is 40.0 Å². The lowest BCUT2D eigenvalue weighted by Crippen LogP contribution is -2.28. The number of halogens is 1. The van der Waals surface area contributed by atoms with Crippen LogP contribution in [0.15, 0.2) is 48.8 Å². The Morgan fingerprint density at radius 3 is 2.70 bits per heavy atom. The lowest BCUT2D eigenvalue weighted by Gasteiger charge is -2.24. The lowest BCUT2D eigenvalue weighted by molar-refractivity contribution is 0.0711. The number of hydrogen-bond acceptors (Lipinski definition) is 5. The number of amides is 2. The average Bonchev–Trinajstić information content (AvgIpc) is 3.15. The molecule has 170 valence electrons. The predicted molar refractivity (Wildman–Crippen MR) is 120 cm³/mol. The zero-order valence-corrected chi connectivity index (χ0v) is 18.8. The van der Waals surface area contributed by atoms with E-state index in [0.29, 0.717) is 36.6 Å².